The molecule has 2 unspecified atom stereocenters. The van der Waals surface area contributed by atoms with Crippen molar-refractivity contribution in [2.24, 2.45) is 11.7 Å². The monoisotopic (exact) mass is 489 g/mol. The Morgan fingerprint density at radius 3 is 2.61 bits per heavy atom. The third kappa shape index (κ3) is 4.69. The summed E-state index contributed by atoms with van der Waals surface area (Å²) in [5.74, 6) is -0.684. The zero-order valence-electron chi connectivity index (χ0n) is 19.9. The zero-order valence-corrected chi connectivity index (χ0v) is 19.9. The molecule has 2 N–H and O–H groups in total. The second-order valence-corrected chi connectivity index (χ2v) is 9.82. The molecule has 1 saturated carbocycles. The fraction of sp³-hybridized carbons (Fsp3) is 0.407. The molecule has 1 aromatic carbocycles. The fourth-order valence-electron chi connectivity index (χ4n) is 4.99. The quantitative estimate of drug-likeness (QED) is 0.491. The maximum absolute atomic E-state index is 15.9. The topological polar surface area (TPSA) is 118 Å². The number of piperidine rings is 1. The Labute approximate surface area is 208 Å². The summed E-state index contributed by atoms with van der Waals surface area (Å²) < 4.78 is 22.4. The molecule has 186 valence electrons. The van der Waals surface area contributed by atoms with Gasteiger partial charge in [-0.15, -0.1) is 0 Å². The van der Waals surface area contributed by atoms with E-state index in [0.717, 1.165) is 29.5 Å². The van der Waals surface area contributed by atoms with Crippen molar-refractivity contribution in [2.75, 3.05) is 13.1 Å². The van der Waals surface area contributed by atoms with E-state index in [4.69, 9.17) is 10.2 Å². The van der Waals surface area contributed by atoms with Crippen molar-refractivity contribution in [2.45, 2.75) is 50.4 Å². The molecule has 0 spiro atoms. The van der Waals surface area contributed by atoms with E-state index in [1.54, 1.807) is 12.5 Å². The second kappa shape index (κ2) is 9.70. The molecule has 3 heterocycles. The fourth-order valence-corrected chi connectivity index (χ4v) is 4.99. The van der Waals surface area contributed by atoms with Gasteiger partial charge in [0.1, 0.15) is 17.5 Å². The lowest BCUT2D eigenvalue weighted by Gasteiger charge is -2.43. The average Bonchev–Trinajstić information content (AvgIpc) is 3.40. The Balaban J connectivity index is 1.33. The number of hydrogen-bond acceptors (Lipinski definition) is 6. The zero-order chi connectivity index (χ0) is 25.3. The molecule has 1 aliphatic heterocycles. The van der Waals surface area contributed by atoms with Crippen molar-refractivity contribution in [1.29, 1.82) is 5.26 Å². The molecule has 0 radical (unpaired) electrons. The summed E-state index contributed by atoms with van der Waals surface area (Å²) in [6.07, 6.45) is 5.27. The molecule has 0 bridgehead atoms. The van der Waals surface area contributed by atoms with Crippen LogP contribution >= 0.6 is 0 Å². The smallest absolute Gasteiger partial charge is 0.252 e. The van der Waals surface area contributed by atoms with Crippen LogP contribution in [-0.2, 0) is 23.3 Å². The number of nitriles is 1. The van der Waals surface area contributed by atoms with Crippen LogP contribution in [0.4, 0.5) is 4.39 Å². The summed E-state index contributed by atoms with van der Waals surface area (Å²) in [6.45, 7) is 1.24. The first-order valence-corrected chi connectivity index (χ1v) is 12.2. The van der Waals surface area contributed by atoms with E-state index in [-0.39, 0.29) is 42.3 Å². The number of carbonyl (C=O) groups excluding carboxylic acids is 2. The van der Waals surface area contributed by atoms with Gasteiger partial charge in [0.25, 0.3) is 5.91 Å². The summed E-state index contributed by atoms with van der Waals surface area (Å²) in [7, 11) is 0. The number of aromatic nitrogens is 2. The minimum atomic E-state index is -1.40. The number of carbonyl (C=O) groups is 2. The van der Waals surface area contributed by atoms with Crippen molar-refractivity contribution in [3.8, 4) is 17.2 Å². The average molecular weight is 490 g/mol. The molecule has 1 amide bonds. The van der Waals surface area contributed by atoms with Gasteiger partial charge in [-0.25, -0.2) is 4.39 Å². The molecule has 1 saturated heterocycles. The molecular weight excluding hydrogens is 461 g/mol. The number of ketones is 1. The van der Waals surface area contributed by atoms with Crippen molar-refractivity contribution < 1.29 is 18.4 Å². The number of hydrogen-bond donors (Lipinski definition) is 1. The minimum Gasteiger partial charge on any atom is -0.472 e. The lowest BCUT2D eigenvalue weighted by molar-refractivity contribution is -0.119. The van der Waals surface area contributed by atoms with Gasteiger partial charge in [0.15, 0.2) is 0 Å². The van der Waals surface area contributed by atoms with Gasteiger partial charge in [0.2, 0.25) is 0 Å². The van der Waals surface area contributed by atoms with E-state index < -0.39 is 17.6 Å². The van der Waals surface area contributed by atoms with Crippen molar-refractivity contribution in [3.05, 3.63) is 65.9 Å². The van der Waals surface area contributed by atoms with Gasteiger partial charge in [-0.1, -0.05) is 24.3 Å². The molecule has 36 heavy (non-hydrogen) atoms. The van der Waals surface area contributed by atoms with E-state index in [9.17, 15) is 14.9 Å². The Morgan fingerprint density at radius 1 is 1.22 bits per heavy atom. The van der Waals surface area contributed by atoms with Gasteiger partial charge >= 0.3 is 0 Å². The number of furan rings is 1. The number of nitrogens with zero attached hydrogens (tertiary/aromatic N) is 4. The Bertz CT molecular complexity index is 1290. The number of halogens is 1. The summed E-state index contributed by atoms with van der Waals surface area (Å²) in [5, 5.41) is 14.0. The summed E-state index contributed by atoms with van der Waals surface area (Å²) in [5.41, 5.74) is 7.81. The lowest BCUT2D eigenvalue weighted by atomic mass is 9.83. The van der Waals surface area contributed by atoms with Crippen LogP contribution in [0.15, 0.2) is 53.5 Å². The largest absolute Gasteiger partial charge is 0.472 e. The summed E-state index contributed by atoms with van der Waals surface area (Å²) >= 11 is 0. The van der Waals surface area contributed by atoms with Crippen molar-refractivity contribution in [3.63, 3.8) is 0 Å². The molecular formula is C27H28FN5O3. The molecule has 2 aliphatic rings. The normalized spacial score (nSPS) is 22.3. The highest BCUT2D eigenvalue weighted by Crippen LogP contribution is 2.37. The van der Waals surface area contributed by atoms with Gasteiger partial charge in [0, 0.05) is 37.3 Å². The van der Waals surface area contributed by atoms with Crippen LogP contribution in [0, 0.1) is 17.2 Å². The first kappa shape index (κ1) is 23.9. The highest BCUT2D eigenvalue weighted by atomic mass is 19.1. The second-order valence-electron chi connectivity index (χ2n) is 9.82. The summed E-state index contributed by atoms with van der Waals surface area (Å²) in [6, 6.07) is 12.1. The molecule has 9 heteroatoms. The van der Waals surface area contributed by atoms with Gasteiger partial charge in [-0.3, -0.25) is 19.2 Å². The van der Waals surface area contributed by atoms with Crippen LogP contribution in [0.2, 0.25) is 0 Å². The Kier molecular flexibility index (Phi) is 6.46. The first-order chi connectivity index (χ1) is 17.4. The SMILES string of the molecule is N#CCC1(n2cc(C(N)=O)c(CC(=O)C3CC3)n2)CCN(Cc2ccc(-c3ccoc3)cc2)CC1F. The molecule has 2 fully saturated rings. The Morgan fingerprint density at radius 2 is 2.00 bits per heavy atom. The predicted molar refractivity (Wildman–Crippen MR) is 129 cm³/mol. The van der Waals surface area contributed by atoms with Crippen LogP contribution in [0.1, 0.15) is 47.3 Å². The Hall–Kier alpha value is -3.77. The van der Waals surface area contributed by atoms with E-state index in [0.29, 0.717) is 19.5 Å². The lowest BCUT2D eigenvalue weighted by Crippen LogP contribution is -2.54. The number of likely N-dealkylation sites (tertiary alicyclic amines) is 1. The van der Waals surface area contributed by atoms with Gasteiger partial charge in [-0.2, -0.15) is 10.4 Å². The van der Waals surface area contributed by atoms with E-state index in [1.165, 1.54) is 10.9 Å². The number of Topliss-reactive ketones (excluding diaryl/α,β-unsaturated/α-hetero) is 1. The number of rotatable bonds is 9. The molecule has 2 atom stereocenters. The van der Waals surface area contributed by atoms with Crippen molar-refractivity contribution >= 4 is 11.7 Å². The van der Waals surface area contributed by atoms with Crippen LogP contribution in [0.5, 0.6) is 0 Å². The first-order valence-electron chi connectivity index (χ1n) is 12.2. The van der Waals surface area contributed by atoms with Crippen LogP contribution in [0.25, 0.3) is 11.1 Å². The molecule has 2 aromatic heterocycles. The third-order valence-corrected chi connectivity index (χ3v) is 7.35. The van der Waals surface area contributed by atoms with Crippen LogP contribution in [0.3, 0.4) is 0 Å². The standard InChI is InChI=1S/C27H28FN5O3/c28-25-16-32(14-18-1-3-19(4-2-18)21-7-12-36-17-21)11-9-27(25,8-10-29)33-15-22(26(30)35)23(31-33)13-24(34)20-5-6-20/h1-4,7,12,15,17,20,25H,5-6,8-9,11,13-14,16H2,(H2,30,35). The van der Waals surface area contributed by atoms with E-state index >= 15 is 4.39 Å². The van der Waals surface area contributed by atoms with Gasteiger partial charge in [0.05, 0.1) is 42.7 Å². The van der Waals surface area contributed by atoms with Crippen LogP contribution < -0.4 is 5.73 Å². The van der Waals surface area contributed by atoms with E-state index in [2.05, 4.69) is 11.2 Å². The number of amides is 1. The number of benzene rings is 1. The van der Waals surface area contributed by atoms with Gasteiger partial charge < -0.3 is 10.2 Å². The van der Waals surface area contributed by atoms with E-state index in [1.807, 2.05) is 35.2 Å². The highest BCUT2D eigenvalue weighted by molar-refractivity contribution is 5.95. The van der Waals surface area contributed by atoms with Gasteiger partial charge in [-0.05, 0) is 36.5 Å². The maximum atomic E-state index is 15.9. The molecule has 5 rings (SSSR count). The maximum Gasteiger partial charge on any atom is 0.252 e. The number of nitrogens with two attached hydrogens (primary N) is 1. The number of primary amides is 1. The minimum absolute atomic E-state index is 0.00351. The van der Waals surface area contributed by atoms with Crippen molar-refractivity contribution in [1.82, 2.24) is 14.7 Å². The predicted octanol–water partition coefficient (Wildman–Crippen LogP) is 3.62. The molecule has 8 nitrogen and oxygen atoms in total. The highest BCUT2D eigenvalue weighted by Gasteiger charge is 2.46. The van der Waals surface area contributed by atoms with Crippen LogP contribution in [-0.4, -0.2) is 45.6 Å². The number of alkyl halides is 1. The summed E-state index contributed by atoms with van der Waals surface area (Å²) in [4.78, 5) is 26.5. The molecule has 3 aromatic rings. The molecule has 1 aliphatic carbocycles. The third-order valence-electron chi connectivity index (χ3n) is 7.35.